The summed E-state index contributed by atoms with van der Waals surface area (Å²) >= 11 is 0. The zero-order valence-corrected chi connectivity index (χ0v) is 5.96. The standard InChI is InChI=1S/C2H8BNO4S/c1-4(2)9(7,8)3(5)6/h5-6H,1-2H3. The summed E-state index contributed by atoms with van der Waals surface area (Å²) in [6.07, 6.45) is -2.31. The average Bonchev–Trinajstić information content (AvgIpc) is 1.65. The van der Waals surface area contributed by atoms with Crippen LogP contribution < -0.4 is 0 Å². The Hall–Kier alpha value is -0.105. The zero-order valence-electron chi connectivity index (χ0n) is 5.14. The first kappa shape index (κ1) is 8.89. The van der Waals surface area contributed by atoms with Gasteiger partial charge in [0.05, 0.1) is 0 Å². The molecule has 0 aromatic carbocycles. The van der Waals surface area contributed by atoms with Gasteiger partial charge in [-0.3, -0.25) is 0 Å². The molecule has 2 N–H and O–H groups in total. The average molecular weight is 153 g/mol. The van der Waals surface area contributed by atoms with E-state index in [1.807, 2.05) is 0 Å². The molecule has 0 saturated heterocycles. The number of nitrogens with zero attached hydrogens (tertiary/aromatic N) is 1. The molecule has 0 atom stereocenters. The van der Waals surface area contributed by atoms with Crippen molar-refractivity contribution in [3.63, 3.8) is 0 Å². The van der Waals surface area contributed by atoms with E-state index in [1.54, 1.807) is 0 Å². The summed E-state index contributed by atoms with van der Waals surface area (Å²) in [5.74, 6) is 0. The molecule has 5 nitrogen and oxygen atoms in total. The molecule has 0 aliphatic rings. The highest BCUT2D eigenvalue weighted by Crippen LogP contribution is 1.93. The van der Waals surface area contributed by atoms with Crippen molar-refractivity contribution < 1.29 is 18.5 Å². The molecule has 0 aromatic heterocycles. The number of hydrogen-bond donors (Lipinski definition) is 2. The molecule has 0 fully saturated rings. The molecule has 0 saturated carbocycles. The maximum absolute atomic E-state index is 10.5. The van der Waals surface area contributed by atoms with Crippen LogP contribution in [-0.4, -0.2) is 43.3 Å². The lowest BCUT2D eigenvalue weighted by molar-refractivity contribution is 0.418. The smallest absolute Gasteiger partial charge is 0.413 e. The van der Waals surface area contributed by atoms with Crippen molar-refractivity contribution in [3.05, 3.63) is 0 Å². The minimum absolute atomic E-state index is 0.734. The molecule has 0 rings (SSSR count). The zero-order chi connectivity index (χ0) is 7.65. The highest BCUT2D eigenvalue weighted by atomic mass is 32.2. The molecule has 0 aromatic rings. The molecule has 0 radical (unpaired) electrons. The lowest BCUT2D eigenvalue weighted by Gasteiger charge is -2.08. The molecule has 0 unspecified atom stereocenters. The van der Waals surface area contributed by atoms with Crippen molar-refractivity contribution in [2.45, 2.75) is 0 Å². The number of rotatable bonds is 2. The van der Waals surface area contributed by atoms with Crippen LogP contribution in [0.1, 0.15) is 0 Å². The molecule has 0 aliphatic carbocycles. The van der Waals surface area contributed by atoms with Crippen LogP contribution in [0.4, 0.5) is 0 Å². The van der Waals surface area contributed by atoms with Crippen molar-refractivity contribution in [2.75, 3.05) is 14.1 Å². The maximum Gasteiger partial charge on any atom is 0.613 e. The van der Waals surface area contributed by atoms with Gasteiger partial charge in [0.25, 0.3) is 0 Å². The van der Waals surface area contributed by atoms with Crippen LogP contribution >= 0.6 is 0 Å². The second-order valence-corrected chi connectivity index (χ2v) is 3.84. The summed E-state index contributed by atoms with van der Waals surface area (Å²) in [7, 11) is -1.44. The monoisotopic (exact) mass is 153 g/mol. The molecular formula is C2H8BNO4S. The van der Waals surface area contributed by atoms with Gasteiger partial charge in [-0.15, -0.1) is 0 Å². The van der Waals surface area contributed by atoms with Gasteiger partial charge in [-0.05, 0) is 0 Å². The van der Waals surface area contributed by atoms with E-state index in [0.29, 0.717) is 0 Å². The van der Waals surface area contributed by atoms with E-state index < -0.39 is 16.3 Å². The lowest BCUT2D eigenvalue weighted by Crippen LogP contribution is -2.36. The van der Waals surface area contributed by atoms with Crippen LogP contribution in [-0.2, 0) is 9.87 Å². The molecular weight excluding hydrogens is 145 g/mol. The van der Waals surface area contributed by atoms with Gasteiger partial charge in [0, 0.05) is 14.1 Å². The van der Waals surface area contributed by atoms with Gasteiger partial charge in [0.2, 0.25) is 9.87 Å². The Morgan fingerprint density at radius 3 is 1.67 bits per heavy atom. The first-order valence-corrected chi connectivity index (χ1v) is 3.67. The fourth-order valence-electron chi connectivity index (χ4n) is 0.189. The van der Waals surface area contributed by atoms with Gasteiger partial charge in [0.1, 0.15) is 0 Å². The van der Waals surface area contributed by atoms with Crippen LogP contribution in [0.15, 0.2) is 0 Å². The minimum Gasteiger partial charge on any atom is -0.413 e. The van der Waals surface area contributed by atoms with E-state index >= 15 is 0 Å². The molecule has 0 bridgehead atoms. The quantitative estimate of drug-likeness (QED) is 0.443. The Balaban J connectivity index is 4.42. The van der Waals surface area contributed by atoms with Crippen LogP contribution in [0.3, 0.4) is 0 Å². The second kappa shape index (κ2) is 2.65. The normalized spacial score (nSPS) is 12.1. The molecule has 54 valence electrons. The third-order valence-corrected chi connectivity index (χ3v) is 2.33. The molecule has 0 aliphatic heterocycles. The van der Waals surface area contributed by atoms with E-state index in [9.17, 15) is 8.42 Å². The van der Waals surface area contributed by atoms with E-state index in [1.165, 1.54) is 14.1 Å². The van der Waals surface area contributed by atoms with E-state index in [2.05, 4.69) is 0 Å². The predicted molar refractivity (Wildman–Crippen MR) is 32.8 cm³/mol. The molecule has 9 heavy (non-hydrogen) atoms. The van der Waals surface area contributed by atoms with Crippen LogP contribution in [0.5, 0.6) is 0 Å². The van der Waals surface area contributed by atoms with Crippen molar-refractivity contribution in [1.82, 2.24) is 4.31 Å². The first-order valence-electron chi connectivity index (χ1n) is 2.16. The predicted octanol–water partition coefficient (Wildman–Crippen LogP) is -2.15. The van der Waals surface area contributed by atoms with Gasteiger partial charge in [-0.25, -0.2) is 12.7 Å². The van der Waals surface area contributed by atoms with Crippen LogP contribution in [0.2, 0.25) is 0 Å². The van der Waals surface area contributed by atoms with Crippen molar-refractivity contribution in [1.29, 1.82) is 0 Å². The Bertz CT molecular complexity index is 159. The lowest BCUT2D eigenvalue weighted by atomic mass is 10.4. The van der Waals surface area contributed by atoms with Gasteiger partial charge in [0.15, 0.2) is 0 Å². The van der Waals surface area contributed by atoms with Crippen LogP contribution in [0, 0.1) is 0 Å². The fraction of sp³-hybridized carbons (Fsp3) is 1.00. The summed E-state index contributed by atoms with van der Waals surface area (Å²) in [5.41, 5.74) is 0. The number of hydrogen-bond acceptors (Lipinski definition) is 4. The van der Waals surface area contributed by atoms with E-state index in [-0.39, 0.29) is 0 Å². The summed E-state index contributed by atoms with van der Waals surface area (Å²) in [6.45, 7) is 0. The molecule has 0 amide bonds. The summed E-state index contributed by atoms with van der Waals surface area (Å²) in [6, 6.07) is 0. The summed E-state index contributed by atoms with van der Waals surface area (Å²) in [5, 5.41) is 16.4. The Morgan fingerprint density at radius 1 is 1.33 bits per heavy atom. The maximum atomic E-state index is 10.5. The molecule has 7 heteroatoms. The Labute approximate surface area is 54.0 Å². The van der Waals surface area contributed by atoms with Gasteiger partial charge in [-0.2, -0.15) is 0 Å². The van der Waals surface area contributed by atoms with Crippen LogP contribution in [0.25, 0.3) is 0 Å². The fourth-order valence-corrected chi connectivity index (χ4v) is 0.566. The van der Waals surface area contributed by atoms with Gasteiger partial charge >= 0.3 is 6.40 Å². The highest BCUT2D eigenvalue weighted by molar-refractivity contribution is 8.14. The minimum atomic E-state index is -3.87. The van der Waals surface area contributed by atoms with Crippen molar-refractivity contribution >= 4 is 16.3 Å². The Morgan fingerprint density at radius 2 is 1.67 bits per heavy atom. The molecule has 0 spiro atoms. The molecule has 0 heterocycles. The first-order chi connectivity index (χ1) is 3.89. The SMILES string of the molecule is CN(C)S(=O)(=O)B(O)O. The third kappa shape index (κ3) is 1.94. The van der Waals surface area contributed by atoms with Crippen molar-refractivity contribution in [3.8, 4) is 0 Å². The summed E-state index contributed by atoms with van der Waals surface area (Å²) in [4.78, 5) is 0. The second-order valence-electron chi connectivity index (χ2n) is 1.65. The van der Waals surface area contributed by atoms with Crippen molar-refractivity contribution in [2.24, 2.45) is 0 Å². The van der Waals surface area contributed by atoms with E-state index in [4.69, 9.17) is 10.0 Å². The van der Waals surface area contributed by atoms with Gasteiger partial charge < -0.3 is 10.0 Å². The van der Waals surface area contributed by atoms with Gasteiger partial charge in [-0.1, -0.05) is 0 Å². The highest BCUT2D eigenvalue weighted by Gasteiger charge is 2.30. The topological polar surface area (TPSA) is 77.8 Å². The largest absolute Gasteiger partial charge is 0.613 e. The van der Waals surface area contributed by atoms with E-state index in [0.717, 1.165) is 4.31 Å². The third-order valence-electron chi connectivity index (χ3n) is 0.775. The summed E-state index contributed by atoms with van der Waals surface area (Å²) < 4.78 is 21.6. The Kier molecular flexibility index (Phi) is 2.62.